The molecule has 4 nitrogen and oxygen atoms in total. The Morgan fingerprint density at radius 1 is 1.43 bits per heavy atom. The summed E-state index contributed by atoms with van der Waals surface area (Å²) in [5.41, 5.74) is -1.11. The third-order valence-electron chi connectivity index (χ3n) is 2.86. The zero-order chi connectivity index (χ0) is 17.2. The average Bonchev–Trinajstić information content (AvgIpc) is 2.81. The van der Waals surface area contributed by atoms with Gasteiger partial charge in [0.15, 0.2) is 5.78 Å². The Kier molecular flexibility index (Phi) is 5.26. The highest BCUT2D eigenvalue weighted by molar-refractivity contribution is 8.04. The van der Waals surface area contributed by atoms with Gasteiger partial charge in [0.1, 0.15) is 5.57 Å². The Labute approximate surface area is 139 Å². The molecule has 0 aliphatic carbocycles. The predicted octanol–water partition coefficient (Wildman–Crippen LogP) is 3.86. The minimum atomic E-state index is -4.61. The van der Waals surface area contributed by atoms with Crippen LogP contribution in [0.15, 0.2) is 28.8 Å². The smallest absolute Gasteiger partial charge is 0.417 e. The van der Waals surface area contributed by atoms with Crippen molar-refractivity contribution in [1.82, 2.24) is 0 Å². The van der Waals surface area contributed by atoms with Crippen LogP contribution >= 0.6 is 23.4 Å². The fourth-order valence-electron chi connectivity index (χ4n) is 1.87. The molecule has 0 atom stereocenters. The van der Waals surface area contributed by atoms with Crippen LogP contribution in [0.5, 0.6) is 0 Å². The minimum absolute atomic E-state index is 0.0240. The third kappa shape index (κ3) is 4.00. The quantitative estimate of drug-likeness (QED) is 0.648. The molecule has 0 saturated heterocycles. The van der Waals surface area contributed by atoms with Crippen molar-refractivity contribution in [2.45, 2.75) is 13.1 Å². The zero-order valence-corrected chi connectivity index (χ0v) is 13.4. The minimum Gasteiger partial charge on any atom is -0.462 e. The summed E-state index contributed by atoms with van der Waals surface area (Å²) in [6.07, 6.45) is -4.61. The maximum Gasteiger partial charge on any atom is 0.417 e. The molecule has 0 unspecified atom stereocenters. The molecular weight excluding hydrogens is 355 g/mol. The molecule has 0 aromatic heterocycles. The van der Waals surface area contributed by atoms with Gasteiger partial charge in [-0.3, -0.25) is 4.79 Å². The maximum atomic E-state index is 12.9. The Balaban J connectivity index is 2.34. The number of ketones is 1. The molecule has 0 fully saturated rings. The number of rotatable bonds is 4. The summed E-state index contributed by atoms with van der Waals surface area (Å²) in [4.78, 5) is 23.5. The van der Waals surface area contributed by atoms with E-state index in [1.54, 1.807) is 6.92 Å². The monoisotopic (exact) mass is 365 g/mol. The molecule has 1 N–H and O–H groups in total. The van der Waals surface area contributed by atoms with Gasteiger partial charge in [-0.05, 0) is 25.1 Å². The van der Waals surface area contributed by atoms with E-state index in [1.165, 1.54) is 6.07 Å². The van der Waals surface area contributed by atoms with E-state index in [1.807, 2.05) is 0 Å². The molecule has 0 bridgehead atoms. The van der Waals surface area contributed by atoms with E-state index < -0.39 is 28.5 Å². The van der Waals surface area contributed by atoms with E-state index in [0.717, 1.165) is 23.9 Å². The van der Waals surface area contributed by atoms with Crippen LogP contribution in [0.2, 0.25) is 5.02 Å². The Morgan fingerprint density at radius 3 is 2.74 bits per heavy atom. The predicted molar refractivity (Wildman–Crippen MR) is 81.2 cm³/mol. The highest BCUT2D eigenvalue weighted by Gasteiger charge is 2.34. The van der Waals surface area contributed by atoms with Crippen molar-refractivity contribution in [3.63, 3.8) is 0 Å². The van der Waals surface area contributed by atoms with Crippen LogP contribution in [-0.4, -0.2) is 24.1 Å². The number of halogens is 4. The number of carbonyl (C=O) groups is 2. The number of hydrogen-bond donors (Lipinski definition) is 1. The molecule has 1 heterocycles. The first-order valence-electron chi connectivity index (χ1n) is 6.45. The van der Waals surface area contributed by atoms with Gasteiger partial charge in [-0.2, -0.15) is 13.2 Å². The molecule has 0 saturated carbocycles. The number of alkyl halides is 3. The Morgan fingerprint density at radius 2 is 2.13 bits per heavy atom. The normalized spacial score (nSPS) is 15.1. The van der Waals surface area contributed by atoms with Crippen molar-refractivity contribution >= 4 is 40.8 Å². The number of anilines is 1. The van der Waals surface area contributed by atoms with Crippen molar-refractivity contribution in [3.8, 4) is 0 Å². The maximum absolute atomic E-state index is 12.9. The average molecular weight is 366 g/mol. The number of esters is 1. The number of Topliss-reactive ketones (excluding diaryl/α,β-unsaturated/α-hetero) is 1. The molecule has 0 spiro atoms. The molecule has 1 aromatic rings. The van der Waals surface area contributed by atoms with Gasteiger partial charge >= 0.3 is 12.1 Å². The van der Waals surface area contributed by atoms with Gasteiger partial charge in [0.05, 0.1) is 28.0 Å². The van der Waals surface area contributed by atoms with E-state index in [0.29, 0.717) is 0 Å². The topological polar surface area (TPSA) is 55.4 Å². The van der Waals surface area contributed by atoms with Crippen molar-refractivity contribution in [3.05, 3.63) is 39.4 Å². The molecule has 9 heteroatoms. The first kappa shape index (κ1) is 17.7. The molecule has 0 amide bonds. The third-order valence-corrected chi connectivity index (χ3v) is 4.19. The number of benzene rings is 1. The number of carbonyl (C=O) groups excluding carboxylic acids is 2. The van der Waals surface area contributed by atoms with Gasteiger partial charge in [-0.1, -0.05) is 23.4 Å². The summed E-state index contributed by atoms with van der Waals surface area (Å²) in [5, 5.41) is 2.40. The lowest BCUT2D eigenvalue weighted by Gasteiger charge is -2.13. The van der Waals surface area contributed by atoms with E-state index in [-0.39, 0.29) is 28.6 Å². The van der Waals surface area contributed by atoms with Crippen LogP contribution < -0.4 is 5.32 Å². The summed E-state index contributed by atoms with van der Waals surface area (Å²) in [7, 11) is 0. The lowest BCUT2D eigenvalue weighted by molar-refractivity contribution is -0.140. The number of thioether (sulfide) groups is 1. The lowest BCUT2D eigenvalue weighted by Crippen LogP contribution is -2.16. The molecular formula is C14H11ClF3NO3S. The van der Waals surface area contributed by atoms with Gasteiger partial charge in [0, 0.05) is 5.69 Å². The molecule has 2 rings (SSSR count). The van der Waals surface area contributed by atoms with Crippen LogP contribution in [0.4, 0.5) is 18.9 Å². The molecule has 1 aromatic carbocycles. The van der Waals surface area contributed by atoms with E-state index in [2.05, 4.69) is 5.32 Å². The zero-order valence-electron chi connectivity index (χ0n) is 11.8. The van der Waals surface area contributed by atoms with Crippen molar-refractivity contribution in [1.29, 1.82) is 0 Å². The first-order valence-corrected chi connectivity index (χ1v) is 7.81. The second kappa shape index (κ2) is 6.84. The van der Waals surface area contributed by atoms with Gasteiger partial charge in [-0.25, -0.2) is 4.79 Å². The fourth-order valence-corrected chi connectivity index (χ4v) is 3.04. The second-order valence-corrected chi connectivity index (χ2v) is 5.85. The van der Waals surface area contributed by atoms with Gasteiger partial charge in [-0.15, -0.1) is 0 Å². The largest absolute Gasteiger partial charge is 0.462 e. The van der Waals surface area contributed by atoms with E-state index >= 15 is 0 Å². The number of ether oxygens (including phenoxy) is 1. The summed E-state index contributed by atoms with van der Waals surface area (Å²) in [6.45, 7) is 1.68. The molecule has 124 valence electrons. The van der Waals surface area contributed by atoms with Crippen LogP contribution in [0.3, 0.4) is 0 Å². The highest BCUT2D eigenvalue weighted by atomic mass is 35.5. The van der Waals surface area contributed by atoms with Crippen molar-refractivity contribution in [2.75, 3.05) is 17.7 Å². The lowest BCUT2D eigenvalue weighted by atomic mass is 10.1. The van der Waals surface area contributed by atoms with E-state index in [9.17, 15) is 22.8 Å². The first-order chi connectivity index (χ1) is 10.7. The number of hydrogen-bond acceptors (Lipinski definition) is 5. The Hall–Kier alpha value is -1.67. The van der Waals surface area contributed by atoms with Crippen molar-refractivity contribution < 1.29 is 27.5 Å². The fraction of sp³-hybridized carbons (Fsp3) is 0.286. The highest BCUT2D eigenvalue weighted by Crippen LogP contribution is 2.37. The summed E-state index contributed by atoms with van der Waals surface area (Å²) >= 11 is 6.58. The van der Waals surface area contributed by atoms with Gasteiger partial charge < -0.3 is 10.1 Å². The second-order valence-electron chi connectivity index (χ2n) is 4.45. The summed E-state index contributed by atoms with van der Waals surface area (Å²) < 4.78 is 43.3. The molecule has 23 heavy (non-hydrogen) atoms. The van der Waals surface area contributed by atoms with Crippen LogP contribution in [-0.2, 0) is 20.5 Å². The van der Waals surface area contributed by atoms with Crippen LogP contribution in [0.25, 0.3) is 0 Å². The molecule has 1 aliphatic rings. The SMILES string of the molecule is CCOC(=O)C1=C(Nc2ccc(Cl)c(C(F)(F)F)c2)SCC1=O. The van der Waals surface area contributed by atoms with E-state index in [4.69, 9.17) is 16.3 Å². The van der Waals surface area contributed by atoms with Gasteiger partial charge in [0.2, 0.25) is 0 Å². The van der Waals surface area contributed by atoms with Crippen LogP contribution in [0.1, 0.15) is 12.5 Å². The Bertz CT molecular complexity index is 688. The molecule has 0 radical (unpaired) electrons. The van der Waals surface area contributed by atoms with Crippen molar-refractivity contribution in [2.24, 2.45) is 0 Å². The standard InChI is InChI=1S/C14H11ClF3NO3S/c1-2-22-13(21)11-10(20)6-23-12(11)19-7-3-4-9(15)8(5-7)14(16,17)18/h3-5,19H,2,6H2,1H3. The van der Waals surface area contributed by atoms with Gasteiger partial charge in [0.25, 0.3) is 0 Å². The summed E-state index contributed by atoms with van der Waals surface area (Å²) in [5.74, 6) is -1.20. The van der Waals surface area contributed by atoms with Crippen LogP contribution in [0, 0.1) is 0 Å². The number of nitrogens with one attached hydrogen (secondary N) is 1. The molecule has 1 aliphatic heterocycles. The summed E-state index contributed by atoms with van der Waals surface area (Å²) in [6, 6.07) is 3.25.